The molecule has 2 nitrogen and oxygen atoms in total. The van der Waals surface area contributed by atoms with Gasteiger partial charge in [0.1, 0.15) is 11.6 Å². The van der Waals surface area contributed by atoms with Gasteiger partial charge in [-0.2, -0.15) is 13.2 Å². The normalized spacial score (nSPS) is 12.0. The van der Waals surface area contributed by atoms with Crippen LogP contribution in [-0.4, -0.2) is 9.13 Å². The van der Waals surface area contributed by atoms with Gasteiger partial charge in [-0.1, -0.05) is 127 Å². The largest absolute Gasteiger partial charge is 0.416 e. The van der Waals surface area contributed by atoms with Crippen LogP contribution in [0.3, 0.4) is 0 Å². The summed E-state index contributed by atoms with van der Waals surface area (Å²) in [5.41, 5.74) is 4.41. The Labute approximate surface area is 317 Å². The molecular formula is C49H29F5N2. The van der Waals surface area contributed by atoms with Crippen LogP contribution in [0.1, 0.15) is 5.56 Å². The highest BCUT2D eigenvalue weighted by molar-refractivity contribution is 6.13. The number of para-hydroxylation sites is 2. The van der Waals surface area contributed by atoms with E-state index in [0.717, 1.165) is 68.1 Å². The van der Waals surface area contributed by atoms with E-state index in [4.69, 9.17) is 0 Å². The van der Waals surface area contributed by atoms with Gasteiger partial charge in [0.15, 0.2) is 0 Å². The van der Waals surface area contributed by atoms with Crippen molar-refractivity contribution in [3.63, 3.8) is 0 Å². The first kappa shape index (κ1) is 33.6. The Morgan fingerprint density at radius 3 is 1.20 bits per heavy atom. The number of benzene rings is 8. The third kappa shape index (κ3) is 5.30. The van der Waals surface area contributed by atoms with E-state index in [2.05, 4.69) is 0 Å². The maximum absolute atomic E-state index is 16.5. The van der Waals surface area contributed by atoms with Gasteiger partial charge in [-0.3, -0.25) is 0 Å². The lowest BCUT2D eigenvalue weighted by atomic mass is 9.96. The molecule has 0 saturated heterocycles. The minimum absolute atomic E-state index is 0.0135. The van der Waals surface area contributed by atoms with Gasteiger partial charge in [0, 0.05) is 27.1 Å². The number of nitrogens with zero attached hydrogens (tertiary/aromatic N) is 2. The number of aromatic nitrogens is 2. The smallest absolute Gasteiger partial charge is 0.308 e. The molecule has 2 aromatic heterocycles. The molecule has 0 fully saturated rings. The number of halogens is 5. The maximum Gasteiger partial charge on any atom is 0.416 e. The molecule has 0 saturated carbocycles. The summed E-state index contributed by atoms with van der Waals surface area (Å²) in [4.78, 5) is 0. The van der Waals surface area contributed by atoms with Gasteiger partial charge in [-0.15, -0.1) is 0 Å². The third-order valence-corrected chi connectivity index (χ3v) is 10.7. The molecule has 0 N–H and O–H groups in total. The highest BCUT2D eigenvalue weighted by Crippen LogP contribution is 2.47. The Kier molecular flexibility index (Phi) is 7.68. The monoisotopic (exact) mass is 740 g/mol. The van der Waals surface area contributed by atoms with Crippen molar-refractivity contribution in [1.82, 2.24) is 9.13 Å². The summed E-state index contributed by atoms with van der Waals surface area (Å²) in [6.45, 7) is 0. The molecule has 0 aliphatic carbocycles. The Morgan fingerprint density at radius 2 is 0.750 bits per heavy atom. The Morgan fingerprint density at radius 1 is 0.339 bits per heavy atom. The molecule has 8 aromatic carbocycles. The molecule has 0 aliphatic rings. The Balaban J connectivity index is 1.41. The van der Waals surface area contributed by atoms with Crippen LogP contribution >= 0.6 is 0 Å². The van der Waals surface area contributed by atoms with Crippen molar-refractivity contribution in [1.29, 1.82) is 0 Å². The zero-order valence-electron chi connectivity index (χ0n) is 29.5. The van der Waals surface area contributed by atoms with Crippen LogP contribution in [0.4, 0.5) is 22.0 Å². The van der Waals surface area contributed by atoms with E-state index in [0.29, 0.717) is 22.1 Å². The van der Waals surface area contributed by atoms with Gasteiger partial charge in [-0.25, -0.2) is 8.78 Å². The summed E-state index contributed by atoms with van der Waals surface area (Å²) in [5.74, 6) is -1.80. The van der Waals surface area contributed by atoms with Crippen LogP contribution in [0, 0.1) is 11.6 Å². The maximum atomic E-state index is 16.5. The van der Waals surface area contributed by atoms with Crippen LogP contribution in [0.5, 0.6) is 0 Å². The lowest BCUT2D eigenvalue weighted by Crippen LogP contribution is -2.12. The molecule has 0 bridgehead atoms. The minimum atomic E-state index is -4.82. The summed E-state index contributed by atoms with van der Waals surface area (Å²) in [6, 6.07) is 51.5. The summed E-state index contributed by atoms with van der Waals surface area (Å²) in [6.07, 6.45) is -4.82. The zero-order valence-corrected chi connectivity index (χ0v) is 29.5. The first-order chi connectivity index (χ1) is 27.3. The minimum Gasteiger partial charge on any atom is -0.308 e. The van der Waals surface area contributed by atoms with Crippen LogP contribution in [0.15, 0.2) is 176 Å². The van der Waals surface area contributed by atoms with Crippen molar-refractivity contribution in [3.05, 3.63) is 193 Å². The SMILES string of the molecule is Fc1cccc(F)c1-c1c(-n2c3ccccc3c3ccc(-c4ccccc4)cc32)cc(C(F)(F)F)cc1-n1c2ccccc2c2ccc(-c3ccccc3)cc21. The van der Waals surface area contributed by atoms with Crippen LogP contribution < -0.4 is 0 Å². The average Bonchev–Trinajstić information content (AvgIpc) is 3.73. The molecule has 10 rings (SSSR count). The second kappa shape index (κ2) is 12.8. The van der Waals surface area contributed by atoms with E-state index < -0.39 is 28.9 Å². The van der Waals surface area contributed by atoms with E-state index >= 15 is 22.0 Å². The molecule has 7 heteroatoms. The summed E-state index contributed by atoms with van der Waals surface area (Å²) < 4.78 is 82.5. The predicted molar refractivity (Wildman–Crippen MR) is 216 cm³/mol. The van der Waals surface area contributed by atoms with Gasteiger partial charge in [0.05, 0.1) is 44.6 Å². The summed E-state index contributed by atoms with van der Waals surface area (Å²) >= 11 is 0. The van der Waals surface area contributed by atoms with E-state index in [-0.39, 0.29) is 16.9 Å². The molecule has 0 unspecified atom stereocenters. The lowest BCUT2D eigenvalue weighted by molar-refractivity contribution is -0.137. The molecule has 56 heavy (non-hydrogen) atoms. The predicted octanol–water partition coefficient (Wildman–Crippen LogP) is 14.2. The Hall–Kier alpha value is -6.99. The van der Waals surface area contributed by atoms with Crippen LogP contribution in [0.2, 0.25) is 0 Å². The lowest BCUT2D eigenvalue weighted by Gasteiger charge is -2.23. The van der Waals surface area contributed by atoms with Gasteiger partial charge >= 0.3 is 6.18 Å². The summed E-state index contributed by atoms with van der Waals surface area (Å²) in [5, 5.41) is 3.13. The summed E-state index contributed by atoms with van der Waals surface area (Å²) in [7, 11) is 0. The van der Waals surface area contributed by atoms with E-state index in [9.17, 15) is 0 Å². The second-order valence-corrected chi connectivity index (χ2v) is 13.9. The van der Waals surface area contributed by atoms with Gasteiger partial charge in [-0.05, 0) is 70.8 Å². The highest BCUT2D eigenvalue weighted by atomic mass is 19.4. The van der Waals surface area contributed by atoms with E-state index in [1.54, 1.807) is 9.13 Å². The molecular weight excluding hydrogens is 712 g/mol. The number of hydrogen-bond acceptors (Lipinski definition) is 0. The second-order valence-electron chi connectivity index (χ2n) is 13.9. The highest BCUT2D eigenvalue weighted by Gasteiger charge is 2.35. The first-order valence-corrected chi connectivity index (χ1v) is 18.1. The van der Waals surface area contributed by atoms with Crippen LogP contribution in [-0.2, 0) is 6.18 Å². The quantitative estimate of drug-likeness (QED) is 0.156. The molecule has 0 radical (unpaired) electrons. The van der Waals surface area contributed by atoms with Crippen molar-refractivity contribution in [2.75, 3.05) is 0 Å². The van der Waals surface area contributed by atoms with Crippen molar-refractivity contribution in [3.8, 4) is 44.8 Å². The van der Waals surface area contributed by atoms with Crippen LogP contribution in [0.25, 0.3) is 88.4 Å². The molecule has 0 spiro atoms. The van der Waals surface area contributed by atoms with Crippen molar-refractivity contribution in [2.24, 2.45) is 0 Å². The fourth-order valence-corrected chi connectivity index (χ4v) is 8.20. The molecule has 10 aromatic rings. The van der Waals surface area contributed by atoms with Gasteiger partial charge in [0.2, 0.25) is 0 Å². The number of alkyl halides is 3. The molecule has 0 atom stereocenters. The molecule has 270 valence electrons. The van der Waals surface area contributed by atoms with Gasteiger partial charge in [0.25, 0.3) is 0 Å². The standard InChI is InChI=1S/C49H29F5N2/c50-39-18-11-19-40(51)47(39)48-45(55-41-20-9-7-16-35(41)37-24-22-32(26-43(37)55)30-12-3-1-4-13-30)28-34(49(52,53)54)29-46(48)56-42-21-10-8-17-36(42)38-25-23-33(27-44(38)56)31-14-5-2-6-15-31/h1-29H. The van der Waals surface area contributed by atoms with Crippen molar-refractivity contribution in [2.45, 2.75) is 6.18 Å². The number of hydrogen-bond donors (Lipinski definition) is 0. The number of rotatable bonds is 5. The molecule has 0 amide bonds. The van der Waals surface area contributed by atoms with Crippen molar-refractivity contribution < 1.29 is 22.0 Å². The van der Waals surface area contributed by atoms with E-state index in [1.165, 1.54) is 6.07 Å². The first-order valence-electron chi connectivity index (χ1n) is 18.1. The Bertz CT molecular complexity index is 2940. The third-order valence-electron chi connectivity index (χ3n) is 10.7. The van der Waals surface area contributed by atoms with Gasteiger partial charge < -0.3 is 9.13 Å². The fraction of sp³-hybridized carbons (Fsp3) is 0.0204. The topological polar surface area (TPSA) is 9.86 Å². The zero-order chi connectivity index (χ0) is 38.1. The number of fused-ring (bicyclic) bond motifs is 6. The van der Waals surface area contributed by atoms with E-state index in [1.807, 2.05) is 146 Å². The van der Waals surface area contributed by atoms with Crippen molar-refractivity contribution >= 4 is 43.6 Å². The molecule has 0 aliphatic heterocycles. The fourth-order valence-electron chi connectivity index (χ4n) is 8.20. The average molecular weight is 741 g/mol. The molecule has 2 heterocycles.